The Kier molecular flexibility index (Phi) is 3.50. The van der Waals surface area contributed by atoms with Crippen LogP contribution in [-0.2, 0) is 0 Å². The van der Waals surface area contributed by atoms with Gasteiger partial charge >= 0.3 is 0 Å². The van der Waals surface area contributed by atoms with E-state index in [0.29, 0.717) is 0 Å². The van der Waals surface area contributed by atoms with E-state index < -0.39 is 0 Å². The van der Waals surface area contributed by atoms with Crippen molar-refractivity contribution in [2.24, 2.45) is 0 Å². The molecule has 0 saturated carbocycles. The van der Waals surface area contributed by atoms with Gasteiger partial charge in [0.05, 0.1) is 27.5 Å². The lowest BCUT2D eigenvalue weighted by Gasteiger charge is -2.12. The topological polar surface area (TPSA) is 9.86 Å². The van der Waals surface area contributed by atoms with Crippen LogP contribution in [0.1, 0.15) is 0 Å². The second kappa shape index (κ2) is 6.51. The second-order valence-electron chi connectivity index (χ2n) is 8.11. The maximum Gasteiger partial charge on any atom is 0.0631 e. The first-order chi connectivity index (χ1) is 15.9. The van der Waals surface area contributed by atoms with Crippen molar-refractivity contribution in [1.82, 2.24) is 9.13 Å². The highest BCUT2D eigenvalue weighted by Gasteiger charge is 2.14. The highest BCUT2D eigenvalue weighted by molar-refractivity contribution is 6.10. The van der Waals surface area contributed by atoms with Crippen molar-refractivity contribution in [3.05, 3.63) is 121 Å². The predicted octanol–water partition coefficient (Wildman–Crippen LogP) is 7.48. The van der Waals surface area contributed by atoms with Crippen LogP contribution in [0.25, 0.3) is 55.0 Å². The average Bonchev–Trinajstić information content (AvgIpc) is 3.37. The monoisotopic (exact) mass is 406 g/mol. The van der Waals surface area contributed by atoms with Crippen molar-refractivity contribution in [2.75, 3.05) is 0 Å². The van der Waals surface area contributed by atoms with Crippen molar-refractivity contribution in [2.45, 2.75) is 0 Å². The van der Waals surface area contributed by atoms with Crippen molar-refractivity contribution >= 4 is 43.6 Å². The van der Waals surface area contributed by atoms with Gasteiger partial charge in [0, 0.05) is 27.5 Å². The van der Waals surface area contributed by atoms with Gasteiger partial charge in [-0.25, -0.2) is 0 Å². The predicted molar refractivity (Wildman–Crippen MR) is 133 cm³/mol. The number of aromatic nitrogens is 2. The van der Waals surface area contributed by atoms with Crippen LogP contribution >= 0.6 is 0 Å². The molecule has 0 aliphatic heterocycles. The highest BCUT2D eigenvalue weighted by atomic mass is 15.0. The summed E-state index contributed by atoms with van der Waals surface area (Å²) in [5, 5.41) is 4.85. The number of nitrogens with zero attached hydrogens (tertiary/aromatic N) is 2. The van der Waals surface area contributed by atoms with E-state index in [1.807, 2.05) is 6.07 Å². The SMILES string of the molecule is c1ccc2c(c#1)c1ccccc1n2-c1cccc(-n2c3ccccc3c3ccccc32)c1. The van der Waals surface area contributed by atoms with Crippen LogP contribution in [0.4, 0.5) is 0 Å². The minimum absolute atomic E-state index is 1.10. The molecular formula is C30H18N2. The molecule has 0 aliphatic rings. The molecule has 2 heterocycles. The molecule has 2 aromatic heterocycles. The van der Waals surface area contributed by atoms with Gasteiger partial charge < -0.3 is 9.13 Å². The first-order valence-electron chi connectivity index (χ1n) is 10.8. The molecule has 0 spiro atoms. The summed E-state index contributed by atoms with van der Waals surface area (Å²) in [5.74, 6) is 0. The van der Waals surface area contributed by atoms with Crippen molar-refractivity contribution in [3.63, 3.8) is 0 Å². The number of fused-ring (bicyclic) bond motifs is 6. The summed E-state index contributed by atoms with van der Waals surface area (Å²) >= 11 is 0. The molecule has 7 aromatic rings. The molecule has 0 unspecified atom stereocenters. The summed E-state index contributed by atoms with van der Waals surface area (Å²) in [4.78, 5) is 0. The summed E-state index contributed by atoms with van der Waals surface area (Å²) in [6, 6.07) is 45.1. The molecule has 0 N–H and O–H groups in total. The minimum atomic E-state index is 1.10. The quantitative estimate of drug-likeness (QED) is 0.282. The third kappa shape index (κ3) is 2.31. The number of benzene rings is 4. The molecule has 148 valence electrons. The van der Waals surface area contributed by atoms with Crippen LogP contribution in [-0.4, -0.2) is 9.13 Å². The number of rotatable bonds is 2. The van der Waals surface area contributed by atoms with Crippen molar-refractivity contribution < 1.29 is 0 Å². The summed E-state index contributed by atoms with van der Waals surface area (Å²) in [6.45, 7) is 0. The Hall–Kier alpha value is -4.48. The fourth-order valence-electron chi connectivity index (χ4n) is 5.03. The van der Waals surface area contributed by atoms with Crippen LogP contribution in [0.3, 0.4) is 0 Å². The van der Waals surface area contributed by atoms with Gasteiger partial charge in [-0.1, -0.05) is 72.8 Å². The lowest BCUT2D eigenvalue weighted by atomic mass is 10.2. The van der Waals surface area contributed by atoms with Crippen LogP contribution in [0, 0.1) is 12.1 Å². The fourth-order valence-corrected chi connectivity index (χ4v) is 5.03. The zero-order valence-corrected chi connectivity index (χ0v) is 17.3. The fraction of sp³-hybridized carbons (Fsp3) is 0. The lowest BCUT2D eigenvalue weighted by molar-refractivity contribution is 1.13. The zero-order valence-electron chi connectivity index (χ0n) is 17.3. The first-order valence-corrected chi connectivity index (χ1v) is 10.8. The molecular weight excluding hydrogens is 388 g/mol. The molecule has 5 aromatic carbocycles. The third-order valence-corrected chi connectivity index (χ3v) is 6.36. The molecule has 0 bridgehead atoms. The number of hydrogen-bond acceptors (Lipinski definition) is 0. The normalized spacial score (nSPS) is 11.5. The molecule has 2 heteroatoms. The summed E-state index contributed by atoms with van der Waals surface area (Å²) in [5.41, 5.74) is 7.04. The molecule has 0 saturated heterocycles. The number of hydrogen-bond donors (Lipinski definition) is 0. The molecule has 2 nitrogen and oxygen atoms in total. The molecule has 0 atom stereocenters. The van der Waals surface area contributed by atoms with Gasteiger partial charge in [-0.3, -0.25) is 0 Å². The van der Waals surface area contributed by atoms with Crippen LogP contribution < -0.4 is 0 Å². The molecule has 0 amide bonds. The summed E-state index contributed by atoms with van der Waals surface area (Å²) in [7, 11) is 0. The Bertz CT molecular complexity index is 1550. The first kappa shape index (κ1) is 17.2. The Labute approximate surface area is 185 Å². The second-order valence-corrected chi connectivity index (χ2v) is 8.11. The minimum Gasteiger partial charge on any atom is -0.309 e. The van der Waals surface area contributed by atoms with Gasteiger partial charge in [0.15, 0.2) is 0 Å². The highest BCUT2D eigenvalue weighted by Crippen LogP contribution is 2.34. The van der Waals surface area contributed by atoms with E-state index in [9.17, 15) is 0 Å². The van der Waals surface area contributed by atoms with Crippen LogP contribution in [0.2, 0.25) is 0 Å². The number of para-hydroxylation sites is 3. The van der Waals surface area contributed by atoms with Gasteiger partial charge in [-0.05, 0) is 48.5 Å². The molecule has 0 fully saturated rings. The van der Waals surface area contributed by atoms with Crippen molar-refractivity contribution in [3.8, 4) is 11.4 Å². The van der Waals surface area contributed by atoms with E-state index in [2.05, 4.69) is 124 Å². The van der Waals surface area contributed by atoms with Crippen LogP contribution in [0.15, 0.2) is 109 Å². The van der Waals surface area contributed by atoms with E-state index >= 15 is 0 Å². The van der Waals surface area contributed by atoms with Gasteiger partial charge in [0.2, 0.25) is 0 Å². The Morgan fingerprint density at radius 1 is 0.469 bits per heavy atom. The lowest BCUT2D eigenvalue weighted by Crippen LogP contribution is -1.98. The maximum atomic E-state index is 3.32. The maximum absolute atomic E-state index is 3.32. The molecule has 32 heavy (non-hydrogen) atoms. The molecule has 0 radical (unpaired) electrons. The average molecular weight is 406 g/mol. The molecule has 0 aliphatic carbocycles. The summed E-state index contributed by atoms with van der Waals surface area (Å²) < 4.78 is 4.69. The van der Waals surface area contributed by atoms with Crippen LogP contribution in [0.5, 0.6) is 0 Å². The van der Waals surface area contributed by atoms with E-state index in [0.717, 1.165) is 22.3 Å². The zero-order chi connectivity index (χ0) is 21.1. The van der Waals surface area contributed by atoms with E-state index in [4.69, 9.17) is 0 Å². The van der Waals surface area contributed by atoms with E-state index in [1.165, 1.54) is 32.7 Å². The smallest absolute Gasteiger partial charge is 0.0631 e. The van der Waals surface area contributed by atoms with E-state index in [1.54, 1.807) is 0 Å². The van der Waals surface area contributed by atoms with Gasteiger partial charge in [0.25, 0.3) is 0 Å². The summed E-state index contributed by atoms with van der Waals surface area (Å²) in [6.07, 6.45) is 0. The van der Waals surface area contributed by atoms with Gasteiger partial charge in [-0.15, -0.1) is 0 Å². The van der Waals surface area contributed by atoms with Crippen molar-refractivity contribution in [1.29, 1.82) is 0 Å². The Balaban J connectivity index is 1.55. The van der Waals surface area contributed by atoms with E-state index in [-0.39, 0.29) is 0 Å². The Morgan fingerprint density at radius 3 is 1.66 bits per heavy atom. The van der Waals surface area contributed by atoms with Gasteiger partial charge in [0.1, 0.15) is 0 Å². The van der Waals surface area contributed by atoms with Gasteiger partial charge in [-0.2, -0.15) is 0 Å². The molecule has 7 rings (SSSR count). The third-order valence-electron chi connectivity index (χ3n) is 6.36. The standard InChI is InChI=1S/C30H18N2/c1-5-16-27-23(12-1)24-13-2-6-17-28(24)31(27)21-10-9-11-22(20-21)32-29-18-7-3-14-25(29)26-15-4-8-19-30(26)32/h1-3,5-14,16-20H. The Morgan fingerprint density at radius 2 is 1.00 bits per heavy atom. The largest absolute Gasteiger partial charge is 0.309 e.